The lowest BCUT2D eigenvalue weighted by atomic mass is 10.2. The molecule has 1 unspecified atom stereocenters. The van der Waals surface area contributed by atoms with Crippen LogP contribution in [0.1, 0.15) is 34.0 Å². The summed E-state index contributed by atoms with van der Waals surface area (Å²) >= 11 is 1.48. The molecule has 5 heteroatoms. The molecule has 0 aliphatic carbocycles. The smallest absolute Gasteiger partial charge is 0.264 e. The summed E-state index contributed by atoms with van der Waals surface area (Å²) in [5.41, 5.74) is 6.46. The van der Waals surface area contributed by atoms with Gasteiger partial charge in [-0.2, -0.15) is 0 Å². The first-order valence-corrected chi connectivity index (χ1v) is 8.21. The summed E-state index contributed by atoms with van der Waals surface area (Å²) in [5.74, 6) is 6.03. The van der Waals surface area contributed by atoms with Gasteiger partial charge >= 0.3 is 0 Å². The van der Waals surface area contributed by atoms with E-state index in [2.05, 4.69) is 30.6 Å². The molecule has 4 nitrogen and oxygen atoms in total. The van der Waals surface area contributed by atoms with Crippen molar-refractivity contribution in [2.24, 2.45) is 5.73 Å². The molecular weight excluding hydrogens is 282 g/mol. The molecule has 0 spiro atoms. The van der Waals surface area contributed by atoms with E-state index in [-0.39, 0.29) is 5.91 Å². The van der Waals surface area contributed by atoms with Crippen LogP contribution in [-0.4, -0.2) is 54.5 Å². The van der Waals surface area contributed by atoms with Crippen LogP contribution in [0.3, 0.4) is 0 Å². The van der Waals surface area contributed by atoms with E-state index < -0.39 is 0 Å². The van der Waals surface area contributed by atoms with Crippen LogP contribution in [-0.2, 0) is 0 Å². The lowest BCUT2D eigenvalue weighted by Crippen LogP contribution is -2.53. The minimum atomic E-state index is 0.131. The molecule has 1 fully saturated rings. The minimum absolute atomic E-state index is 0.131. The van der Waals surface area contributed by atoms with Crippen molar-refractivity contribution in [1.29, 1.82) is 0 Å². The molecule has 1 aromatic rings. The normalized spacial score (nSPS) is 19.2. The molecule has 2 N–H and O–H groups in total. The molecule has 1 aliphatic heterocycles. The van der Waals surface area contributed by atoms with Crippen LogP contribution >= 0.6 is 11.3 Å². The predicted molar refractivity (Wildman–Crippen MR) is 87.6 cm³/mol. The van der Waals surface area contributed by atoms with Crippen LogP contribution in [0.15, 0.2) is 6.07 Å². The van der Waals surface area contributed by atoms with E-state index in [4.69, 9.17) is 5.73 Å². The standard InChI is InChI=1S/C16H23N3OS/c1-4-18-8-9-19(11-13(18)3)16(20)15-10-12(2)14(21-15)6-5-7-17/h10,13H,4,7-9,11,17H2,1-3H3. The molecule has 2 rings (SSSR count). The zero-order chi connectivity index (χ0) is 15.4. The van der Waals surface area contributed by atoms with E-state index in [0.717, 1.165) is 41.5 Å². The van der Waals surface area contributed by atoms with E-state index in [0.29, 0.717) is 12.6 Å². The van der Waals surface area contributed by atoms with Gasteiger partial charge in [0, 0.05) is 25.7 Å². The third kappa shape index (κ3) is 3.65. The Kier molecular flexibility index (Phi) is 5.40. The highest BCUT2D eigenvalue weighted by Crippen LogP contribution is 2.23. The number of carbonyl (C=O) groups is 1. The van der Waals surface area contributed by atoms with E-state index in [9.17, 15) is 4.79 Å². The molecule has 0 bridgehead atoms. The summed E-state index contributed by atoms with van der Waals surface area (Å²) in [6, 6.07) is 2.37. The Morgan fingerprint density at radius 2 is 2.29 bits per heavy atom. The average molecular weight is 305 g/mol. The molecular formula is C16H23N3OS. The van der Waals surface area contributed by atoms with Crippen LogP contribution < -0.4 is 5.73 Å². The number of rotatable bonds is 2. The number of piperazine rings is 1. The maximum absolute atomic E-state index is 12.6. The minimum Gasteiger partial charge on any atom is -0.335 e. The van der Waals surface area contributed by atoms with Crippen molar-refractivity contribution in [3.05, 3.63) is 21.4 Å². The summed E-state index contributed by atoms with van der Waals surface area (Å²) in [4.78, 5) is 18.7. The molecule has 2 heterocycles. The number of thiophene rings is 1. The zero-order valence-electron chi connectivity index (χ0n) is 13.0. The molecule has 1 aliphatic rings. The molecule has 0 saturated carbocycles. The highest BCUT2D eigenvalue weighted by molar-refractivity contribution is 7.14. The van der Waals surface area contributed by atoms with Gasteiger partial charge in [0.05, 0.1) is 16.3 Å². The van der Waals surface area contributed by atoms with E-state index in [1.807, 2.05) is 17.9 Å². The Bertz CT molecular complexity index is 570. The first-order chi connectivity index (χ1) is 10.1. The van der Waals surface area contributed by atoms with Crippen molar-refractivity contribution in [2.45, 2.75) is 26.8 Å². The Hall–Kier alpha value is -1.35. The van der Waals surface area contributed by atoms with Gasteiger partial charge in [0.1, 0.15) is 0 Å². The lowest BCUT2D eigenvalue weighted by Gasteiger charge is -2.39. The van der Waals surface area contributed by atoms with Crippen molar-refractivity contribution in [2.75, 3.05) is 32.7 Å². The Labute approximate surface area is 130 Å². The second kappa shape index (κ2) is 7.08. The molecule has 1 amide bonds. The van der Waals surface area contributed by atoms with Crippen LogP contribution in [0.4, 0.5) is 0 Å². The molecule has 1 saturated heterocycles. The lowest BCUT2D eigenvalue weighted by molar-refractivity contribution is 0.0532. The maximum atomic E-state index is 12.6. The third-order valence-electron chi connectivity index (χ3n) is 3.89. The zero-order valence-corrected chi connectivity index (χ0v) is 13.8. The Morgan fingerprint density at radius 1 is 1.52 bits per heavy atom. The fraction of sp³-hybridized carbons (Fsp3) is 0.562. The molecule has 0 radical (unpaired) electrons. The Balaban J connectivity index is 2.10. The largest absolute Gasteiger partial charge is 0.335 e. The van der Waals surface area contributed by atoms with Gasteiger partial charge in [-0.05, 0) is 32.0 Å². The Morgan fingerprint density at radius 3 is 2.90 bits per heavy atom. The molecule has 0 aromatic carbocycles. The van der Waals surface area contributed by atoms with Crippen LogP contribution in [0.25, 0.3) is 0 Å². The third-order valence-corrected chi connectivity index (χ3v) is 5.03. The molecule has 1 aromatic heterocycles. The van der Waals surface area contributed by atoms with Gasteiger partial charge in [0.2, 0.25) is 0 Å². The van der Waals surface area contributed by atoms with Gasteiger partial charge in [-0.25, -0.2) is 0 Å². The first-order valence-electron chi connectivity index (χ1n) is 7.39. The van der Waals surface area contributed by atoms with Crippen LogP contribution in [0, 0.1) is 18.8 Å². The highest BCUT2D eigenvalue weighted by Gasteiger charge is 2.27. The van der Waals surface area contributed by atoms with Gasteiger partial charge in [-0.15, -0.1) is 11.3 Å². The van der Waals surface area contributed by atoms with Crippen molar-refractivity contribution in [1.82, 2.24) is 9.80 Å². The number of carbonyl (C=O) groups excluding carboxylic acids is 1. The average Bonchev–Trinajstić information content (AvgIpc) is 2.85. The monoisotopic (exact) mass is 305 g/mol. The number of hydrogen-bond acceptors (Lipinski definition) is 4. The summed E-state index contributed by atoms with van der Waals surface area (Å²) in [7, 11) is 0. The second-order valence-electron chi connectivity index (χ2n) is 5.36. The molecule has 21 heavy (non-hydrogen) atoms. The SMILES string of the molecule is CCN1CCN(C(=O)c2cc(C)c(C#CCN)s2)CC1C. The van der Waals surface area contributed by atoms with E-state index >= 15 is 0 Å². The maximum Gasteiger partial charge on any atom is 0.264 e. The quantitative estimate of drug-likeness (QED) is 0.843. The van der Waals surface area contributed by atoms with Gasteiger partial charge in [-0.3, -0.25) is 9.69 Å². The molecule has 1 atom stereocenters. The number of likely N-dealkylation sites (N-methyl/N-ethyl adjacent to an activating group) is 1. The predicted octanol–water partition coefficient (Wildman–Crippen LogP) is 1.53. The van der Waals surface area contributed by atoms with Gasteiger partial charge in [0.15, 0.2) is 0 Å². The fourth-order valence-corrected chi connectivity index (χ4v) is 3.66. The highest BCUT2D eigenvalue weighted by atomic mass is 32.1. The number of aryl methyl sites for hydroxylation is 1. The topological polar surface area (TPSA) is 49.6 Å². The van der Waals surface area contributed by atoms with E-state index in [1.54, 1.807) is 0 Å². The van der Waals surface area contributed by atoms with Crippen molar-refractivity contribution in [3.63, 3.8) is 0 Å². The van der Waals surface area contributed by atoms with Crippen molar-refractivity contribution >= 4 is 17.2 Å². The van der Waals surface area contributed by atoms with Gasteiger partial charge < -0.3 is 10.6 Å². The molecule has 114 valence electrons. The summed E-state index contributed by atoms with van der Waals surface area (Å²) < 4.78 is 0. The van der Waals surface area contributed by atoms with Crippen LogP contribution in [0.5, 0.6) is 0 Å². The van der Waals surface area contributed by atoms with Gasteiger partial charge in [-0.1, -0.05) is 18.8 Å². The van der Waals surface area contributed by atoms with Gasteiger partial charge in [0.25, 0.3) is 5.91 Å². The number of nitrogens with zero attached hydrogens (tertiary/aromatic N) is 2. The first kappa shape index (κ1) is 16.0. The van der Waals surface area contributed by atoms with Crippen molar-refractivity contribution < 1.29 is 4.79 Å². The summed E-state index contributed by atoms with van der Waals surface area (Å²) in [5, 5.41) is 0. The number of amides is 1. The van der Waals surface area contributed by atoms with Crippen molar-refractivity contribution in [3.8, 4) is 11.8 Å². The summed E-state index contributed by atoms with van der Waals surface area (Å²) in [6.07, 6.45) is 0. The van der Waals surface area contributed by atoms with Crippen LogP contribution in [0.2, 0.25) is 0 Å². The number of hydrogen-bond donors (Lipinski definition) is 1. The van der Waals surface area contributed by atoms with E-state index in [1.165, 1.54) is 11.3 Å². The second-order valence-corrected chi connectivity index (χ2v) is 6.41. The number of nitrogens with two attached hydrogens (primary N) is 1. The summed E-state index contributed by atoms with van der Waals surface area (Å²) in [6.45, 7) is 10.3. The fourth-order valence-electron chi connectivity index (χ4n) is 2.65.